The van der Waals surface area contributed by atoms with Crippen LogP contribution in [0.1, 0.15) is 36.7 Å². The summed E-state index contributed by atoms with van der Waals surface area (Å²) in [4.78, 5) is 11.0. The quantitative estimate of drug-likeness (QED) is 0.606. The Bertz CT molecular complexity index is 533. The van der Waals surface area contributed by atoms with Gasteiger partial charge in [-0.2, -0.15) is 0 Å². The summed E-state index contributed by atoms with van der Waals surface area (Å²) in [5.74, 6) is 0.602. The van der Waals surface area contributed by atoms with E-state index in [1.807, 2.05) is 0 Å². The van der Waals surface area contributed by atoms with Crippen LogP contribution in [0, 0.1) is 0 Å². The third-order valence-corrected chi connectivity index (χ3v) is 3.08. The fraction of sp³-hybridized carbons (Fsp3) is 0.417. The molecule has 0 aliphatic carbocycles. The second kappa shape index (κ2) is 5.95. The van der Waals surface area contributed by atoms with E-state index in [4.69, 9.17) is 4.42 Å². The molecule has 0 saturated carbocycles. The fourth-order valence-corrected chi connectivity index (χ4v) is 2.08. The van der Waals surface area contributed by atoms with E-state index in [1.54, 1.807) is 16.8 Å². The number of furan rings is 1. The Morgan fingerprint density at radius 3 is 2.89 bits per heavy atom. The number of hydrogen-bond donors (Lipinski definition) is 0. The van der Waals surface area contributed by atoms with Crippen LogP contribution in [0.15, 0.2) is 21.2 Å². The van der Waals surface area contributed by atoms with Gasteiger partial charge in [-0.25, -0.2) is 4.68 Å². The maximum absolute atomic E-state index is 11.0. The molecule has 0 bridgehead atoms. The van der Waals surface area contributed by atoms with Gasteiger partial charge < -0.3 is 4.42 Å². The van der Waals surface area contributed by atoms with E-state index in [1.165, 1.54) is 0 Å². The number of carbonyl (C=O) groups is 1. The highest BCUT2D eigenvalue weighted by atomic mass is 79.9. The Morgan fingerprint density at radius 1 is 1.44 bits per heavy atom. The van der Waals surface area contributed by atoms with E-state index in [-0.39, 0.29) is 0 Å². The Hall–Kier alpha value is -1.43. The number of aryl methyl sites for hydroxylation is 1. The molecule has 2 heterocycles. The Labute approximate surface area is 113 Å². The fourth-order valence-electron chi connectivity index (χ4n) is 1.77. The normalized spacial score (nSPS) is 10.8. The molecule has 0 saturated heterocycles. The molecule has 2 aromatic rings. The van der Waals surface area contributed by atoms with Crippen LogP contribution >= 0.6 is 15.9 Å². The van der Waals surface area contributed by atoms with E-state index in [0.29, 0.717) is 28.1 Å². The largest absolute Gasteiger partial charge is 0.448 e. The van der Waals surface area contributed by atoms with Crippen LogP contribution in [0.3, 0.4) is 0 Å². The minimum absolute atomic E-state index is 0.313. The van der Waals surface area contributed by atoms with Crippen LogP contribution in [0.2, 0.25) is 0 Å². The van der Waals surface area contributed by atoms with E-state index in [2.05, 4.69) is 33.2 Å². The third-order valence-electron chi connectivity index (χ3n) is 2.65. The van der Waals surface area contributed by atoms with Crippen molar-refractivity contribution in [1.82, 2.24) is 15.0 Å². The van der Waals surface area contributed by atoms with Gasteiger partial charge in [-0.3, -0.25) is 4.79 Å². The zero-order valence-corrected chi connectivity index (χ0v) is 11.7. The predicted molar refractivity (Wildman–Crippen MR) is 70.3 cm³/mol. The molecule has 0 N–H and O–H groups in total. The van der Waals surface area contributed by atoms with Gasteiger partial charge in [0.05, 0.1) is 0 Å². The average Bonchev–Trinajstić information content (AvgIpc) is 2.95. The Balaban J connectivity index is 2.30. The van der Waals surface area contributed by atoms with Gasteiger partial charge in [0.1, 0.15) is 5.69 Å². The van der Waals surface area contributed by atoms with Crippen LogP contribution in [-0.2, 0) is 6.54 Å². The van der Waals surface area contributed by atoms with Crippen molar-refractivity contribution in [1.29, 1.82) is 0 Å². The summed E-state index contributed by atoms with van der Waals surface area (Å²) in [6, 6.07) is 3.58. The molecule has 0 amide bonds. The molecule has 2 aromatic heterocycles. The lowest BCUT2D eigenvalue weighted by Crippen LogP contribution is -2.02. The average molecular weight is 312 g/mol. The summed E-state index contributed by atoms with van der Waals surface area (Å²) >= 11 is 3.25. The highest BCUT2D eigenvalue weighted by Gasteiger charge is 2.17. The van der Waals surface area contributed by atoms with Crippen LogP contribution in [0.5, 0.6) is 0 Å². The van der Waals surface area contributed by atoms with Gasteiger partial charge in [0.15, 0.2) is 22.4 Å². The molecule has 5 nitrogen and oxygen atoms in total. The van der Waals surface area contributed by atoms with Crippen LogP contribution in [0.25, 0.3) is 11.5 Å². The second-order valence-electron chi connectivity index (χ2n) is 3.98. The highest BCUT2D eigenvalue weighted by Crippen LogP contribution is 2.26. The molecular formula is C12H14BrN3O2. The molecule has 0 aromatic carbocycles. The van der Waals surface area contributed by atoms with Gasteiger partial charge in [-0.1, -0.05) is 25.0 Å². The number of aromatic nitrogens is 3. The lowest BCUT2D eigenvalue weighted by molar-refractivity contribution is 0.111. The van der Waals surface area contributed by atoms with E-state index < -0.39 is 0 Å². The van der Waals surface area contributed by atoms with Crippen LogP contribution in [0.4, 0.5) is 0 Å². The molecule has 0 fully saturated rings. The first-order chi connectivity index (χ1) is 8.76. The SMILES string of the molecule is CCCCCn1nnc(C=O)c1-c1ccc(Br)o1. The smallest absolute Gasteiger partial charge is 0.172 e. The minimum atomic E-state index is 0.313. The standard InChI is InChI=1S/C12H14BrN3O2/c1-2-3-4-7-16-12(9(8-17)14-15-16)10-5-6-11(13)18-10/h5-6,8H,2-4,7H2,1H3. The summed E-state index contributed by atoms with van der Waals surface area (Å²) in [5, 5.41) is 7.87. The summed E-state index contributed by atoms with van der Waals surface area (Å²) < 4.78 is 7.82. The topological polar surface area (TPSA) is 60.9 Å². The Morgan fingerprint density at radius 2 is 2.28 bits per heavy atom. The molecule has 6 heteroatoms. The van der Waals surface area contributed by atoms with Gasteiger partial charge in [-0.05, 0) is 34.5 Å². The lowest BCUT2D eigenvalue weighted by atomic mass is 10.2. The van der Waals surface area contributed by atoms with E-state index in [0.717, 1.165) is 25.8 Å². The van der Waals surface area contributed by atoms with Crippen molar-refractivity contribution in [2.24, 2.45) is 0 Å². The number of rotatable bonds is 6. The number of halogens is 1. The van der Waals surface area contributed by atoms with Crippen LogP contribution in [-0.4, -0.2) is 21.3 Å². The van der Waals surface area contributed by atoms with Crippen molar-refractivity contribution in [3.05, 3.63) is 22.5 Å². The first-order valence-corrected chi connectivity index (χ1v) is 6.70. The van der Waals surface area contributed by atoms with Gasteiger partial charge >= 0.3 is 0 Å². The number of aldehydes is 1. The maximum Gasteiger partial charge on any atom is 0.172 e. The minimum Gasteiger partial charge on any atom is -0.448 e. The predicted octanol–water partition coefficient (Wildman–Crippen LogP) is 3.30. The van der Waals surface area contributed by atoms with Crippen molar-refractivity contribution < 1.29 is 9.21 Å². The number of nitrogens with zero attached hydrogens (tertiary/aromatic N) is 3. The monoisotopic (exact) mass is 311 g/mol. The van der Waals surface area contributed by atoms with Crippen molar-refractivity contribution >= 4 is 22.2 Å². The first-order valence-electron chi connectivity index (χ1n) is 5.90. The molecule has 0 atom stereocenters. The summed E-state index contributed by atoms with van der Waals surface area (Å²) in [7, 11) is 0. The zero-order valence-electron chi connectivity index (χ0n) is 10.1. The summed E-state index contributed by atoms with van der Waals surface area (Å²) in [6.45, 7) is 2.88. The van der Waals surface area contributed by atoms with Crippen molar-refractivity contribution in [3.8, 4) is 11.5 Å². The van der Waals surface area contributed by atoms with Gasteiger partial charge in [0.2, 0.25) is 0 Å². The molecule has 18 heavy (non-hydrogen) atoms. The molecule has 0 aliphatic heterocycles. The summed E-state index contributed by atoms with van der Waals surface area (Å²) in [5.41, 5.74) is 0.958. The van der Waals surface area contributed by atoms with E-state index >= 15 is 0 Å². The van der Waals surface area contributed by atoms with Crippen LogP contribution < -0.4 is 0 Å². The van der Waals surface area contributed by atoms with Crippen molar-refractivity contribution in [2.45, 2.75) is 32.7 Å². The number of hydrogen-bond acceptors (Lipinski definition) is 4. The maximum atomic E-state index is 11.0. The lowest BCUT2D eigenvalue weighted by Gasteiger charge is -2.03. The first kappa shape index (κ1) is 13.0. The summed E-state index contributed by atoms with van der Waals surface area (Å²) in [6.07, 6.45) is 3.97. The highest BCUT2D eigenvalue weighted by molar-refractivity contribution is 9.10. The molecule has 0 unspecified atom stereocenters. The molecule has 96 valence electrons. The molecular weight excluding hydrogens is 298 g/mol. The molecule has 0 aliphatic rings. The molecule has 0 spiro atoms. The van der Waals surface area contributed by atoms with Gasteiger partial charge in [-0.15, -0.1) is 5.10 Å². The van der Waals surface area contributed by atoms with Gasteiger partial charge in [0.25, 0.3) is 0 Å². The number of unbranched alkanes of at least 4 members (excludes halogenated alkanes) is 2. The molecule has 2 rings (SSSR count). The van der Waals surface area contributed by atoms with Crippen molar-refractivity contribution in [3.63, 3.8) is 0 Å². The second-order valence-corrected chi connectivity index (χ2v) is 4.76. The number of carbonyl (C=O) groups excluding carboxylic acids is 1. The Kier molecular flexibility index (Phi) is 4.30. The molecule has 0 radical (unpaired) electrons. The third kappa shape index (κ3) is 2.69. The van der Waals surface area contributed by atoms with E-state index in [9.17, 15) is 4.79 Å². The van der Waals surface area contributed by atoms with Crippen molar-refractivity contribution in [2.75, 3.05) is 0 Å². The van der Waals surface area contributed by atoms with Gasteiger partial charge in [0, 0.05) is 6.54 Å². The zero-order chi connectivity index (χ0) is 13.0.